The van der Waals surface area contributed by atoms with Crippen LogP contribution in [0, 0.1) is 11.7 Å². The molecule has 0 bridgehead atoms. The van der Waals surface area contributed by atoms with Gasteiger partial charge in [-0.3, -0.25) is 4.79 Å². The number of nitrogens with one attached hydrogen (secondary N) is 1. The molecule has 0 saturated carbocycles. The lowest BCUT2D eigenvalue weighted by atomic mass is 10.1. The van der Waals surface area contributed by atoms with E-state index in [9.17, 15) is 9.18 Å². The van der Waals surface area contributed by atoms with Gasteiger partial charge in [0.2, 0.25) is 5.91 Å². The summed E-state index contributed by atoms with van der Waals surface area (Å²) in [6.07, 6.45) is 0.462. The van der Waals surface area contributed by atoms with Crippen molar-refractivity contribution in [1.29, 1.82) is 0 Å². The number of carbonyl (C=O) groups excluding carboxylic acids is 1. The number of hydrogen-bond donors (Lipinski definition) is 2. The third-order valence-corrected chi connectivity index (χ3v) is 2.77. The highest BCUT2D eigenvalue weighted by atomic mass is 35.5. The molecule has 1 aromatic rings. The van der Waals surface area contributed by atoms with Crippen LogP contribution in [0.5, 0.6) is 0 Å². The fraction of sp³-hybridized carbons (Fsp3) is 0.273. The summed E-state index contributed by atoms with van der Waals surface area (Å²) in [7, 11) is 0. The second kappa shape index (κ2) is 5.93. The molecule has 1 aromatic carbocycles. The summed E-state index contributed by atoms with van der Waals surface area (Å²) in [6.45, 7) is 1.78. The smallest absolute Gasteiger partial charge is 0.234 e. The minimum atomic E-state index is -0.608. The summed E-state index contributed by atoms with van der Waals surface area (Å²) in [5, 5.41) is 2.76. The van der Waals surface area contributed by atoms with E-state index in [1.54, 1.807) is 6.92 Å². The molecule has 0 radical (unpaired) electrons. The molecule has 0 aliphatic carbocycles. The molecule has 0 aromatic heterocycles. The fourth-order valence-electron chi connectivity index (χ4n) is 1.33. The highest BCUT2D eigenvalue weighted by molar-refractivity contribution is 7.80. The van der Waals surface area contributed by atoms with Crippen molar-refractivity contribution in [1.82, 2.24) is 0 Å². The quantitative estimate of drug-likeness (QED) is 0.830. The van der Waals surface area contributed by atoms with Crippen LogP contribution in [0.3, 0.4) is 0 Å². The fourth-order valence-corrected chi connectivity index (χ4v) is 1.77. The number of nitrogens with two attached hydrogens (primary N) is 1. The molecule has 0 spiro atoms. The van der Waals surface area contributed by atoms with E-state index >= 15 is 0 Å². The Kier molecular flexibility index (Phi) is 4.84. The predicted octanol–water partition coefficient (Wildman–Crippen LogP) is 2.73. The maximum atomic E-state index is 13.4. The first-order chi connectivity index (χ1) is 7.95. The van der Waals surface area contributed by atoms with Gasteiger partial charge >= 0.3 is 0 Å². The van der Waals surface area contributed by atoms with Gasteiger partial charge in [0.1, 0.15) is 5.82 Å². The normalized spacial score (nSPS) is 11.9. The molecule has 17 heavy (non-hydrogen) atoms. The van der Waals surface area contributed by atoms with Gasteiger partial charge in [-0.15, -0.1) is 0 Å². The average Bonchev–Trinajstić information content (AvgIpc) is 2.24. The summed E-state index contributed by atoms with van der Waals surface area (Å²) >= 11 is 10.5. The molecule has 1 rings (SSSR count). The lowest BCUT2D eigenvalue weighted by Crippen LogP contribution is -2.32. The van der Waals surface area contributed by atoms with Crippen LogP contribution < -0.4 is 11.1 Å². The molecule has 3 nitrogen and oxygen atoms in total. The van der Waals surface area contributed by atoms with E-state index in [1.807, 2.05) is 0 Å². The Labute approximate surface area is 109 Å². The van der Waals surface area contributed by atoms with Crippen LogP contribution in [0.15, 0.2) is 18.2 Å². The van der Waals surface area contributed by atoms with Gasteiger partial charge in [-0.1, -0.05) is 30.7 Å². The van der Waals surface area contributed by atoms with Crippen molar-refractivity contribution in [3.05, 3.63) is 29.0 Å². The van der Waals surface area contributed by atoms with E-state index in [-0.39, 0.29) is 10.7 Å². The minimum absolute atomic E-state index is 0.0252. The summed E-state index contributed by atoms with van der Waals surface area (Å²) in [6, 6.07) is 3.91. The molecule has 3 N–H and O–H groups in total. The van der Waals surface area contributed by atoms with Crippen LogP contribution in [0.1, 0.15) is 13.3 Å². The van der Waals surface area contributed by atoms with E-state index in [1.165, 1.54) is 18.2 Å². The largest absolute Gasteiger partial charge is 0.393 e. The number of rotatable bonds is 4. The summed E-state index contributed by atoms with van der Waals surface area (Å²) in [4.78, 5) is 11.9. The van der Waals surface area contributed by atoms with Crippen LogP contribution in [-0.4, -0.2) is 10.9 Å². The first-order valence-corrected chi connectivity index (χ1v) is 5.79. The monoisotopic (exact) mass is 274 g/mol. The zero-order chi connectivity index (χ0) is 13.0. The van der Waals surface area contributed by atoms with E-state index < -0.39 is 17.6 Å². The molecule has 0 aliphatic heterocycles. The lowest BCUT2D eigenvalue weighted by Gasteiger charge is -2.13. The highest BCUT2D eigenvalue weighted by Crippen LogP contribution is 2.20. The molecule has 0 fully saturated rings. The van der Waals surface area contributed by atoms with E-state index in [4.69, 9.17) is 29.6 Å². The van der Waals surface area contributed by atoms with Gasteiger partial charge in [0.15, 0.2) is 0 Å². The summed E-state index contributed by atoms with van der Waals surface area (Å²) in [5.74, 6) is -1.59. The van der Waals surface area contributed by atoms with Gasteiger partial charge in [0.05, 0.1) is 16.6 Å². The molecule has 1 unspecified atom stereocenters. The Morgan fingerprint density at radius 1 is 1.65 bits per heavy atom. The van der Waals surface area contributed by atoms with Crippen molar-refractivity contribution in [2.24, 2.45) is 11.7 Å². The predicted molar refractivity (Wildman–Crippen MR) is 70.6 cm³/mol. The van der Waals surface area contributed by atoms with E-state index in [0.717, 1.165) is 0 Å². The average molecular weight is 275 g/mol. The van der Waals surface area contributed by atoms with Crippen LogP contribution in [-0.2, 0) is 4.79 Å². The Morgan fingerprint density at radius 2 is 2.29 bits per heavy atom. The Hall–Kier alpha value is -1.20. The second-order valence-corrected chi connectivity index (χ2v) is 4.38. The van der Waals surface area contributed by atoms with Crippen molar-refractivity contribution < 1.29 is 9.18 Å². The van der Waals surface area contributed by atoms with Gasteiger partial charge in [0.25, 0.3) is 0 Å². The molecule has 1 amide bonds. The molecule has 92 valence electrons. The first-order valence-electron chi connectivity index (χ1n) is 5.01. The molecule has 0 aliphatic rings. The number of benzene rings is 1. The van der Waals surface area contributed by atoms with Crippen LogP contribution in [0.4, 0.5) is 10.1 Å². The number of halogens is 2. The first kappa shape index (κ1) is 13.9. The summed E-state index contributed by atoms with van der Waals surface area (Å²) < 4.78 is 13.4. The van der Waals surface area contributed by atoms with Crippen LogP contribution >= 0.6 is 23.8 Å². The van der Waals surface area contributed by atoms with Gasteiger partial charge < -0.3 is 11.1 Å². The topological polar surface area (TPSA) is 55.1 Å². The van der Waals surface area contributed by atoms with E-state index in [2.05, 4.69) is 5.32 Å². The molecule has 6 heteroatoms. The third kappa shape index (κ3) is 3.64. The van der Waals surface area contributed by atoms with E-state index in [0.29, 0.717) is 11.4 Å². The molecule has 0 heterocycles. The number of amides is 1. The van der Waals surface area contributed by atoms with Crippen molar-refractivity contribution >= 4 is 40.4 Å². The van der Waals surface area contributed by atoms with Crippen LogP contribution in [0.25, 0.3) is 0 Å². The maximum absolute atomic E-state index is 13.4. The molecular formula is C11H12ClFN2OS. The number of carbonyl (C=O) groups is 1. The molecule has 1 atom stereocenters. The zero-order valence-electron chi connectivity index (χ0n) is 9.17. The SMILES string of the molecule is CCC(C(=O)Nc1cc(Cl)ccc1F)C(N)=S. The Morgan fingerprint density at radius 3 is 2.82 bits per heavy atom. The molecular weight excluding hydrogens is 263 g/mol. The highest BCUT2D eigenvalue weighted by Gasteiger charge is 2.20. The number of hydrogen-bond acceptors (Lipinski definition) is 2. The molecule has 0 saturated heterocycles. The number of thiocarbonyl (C=S) groups is 1. The van der Waals surface area contributed by atoms with Crippen molar-refractivity contribution in [2.75, 3.05) is 5.32 Å². The van der Waals surface area contributed by atoms with Crippen molar-refractivity contribution in [3.63, 3.8) is 0 Å². The Bertz CT molecular complexity index is 453. The van der Waals surface area contributed by atoms with Crippen molar-refractivity contribution in [3.8, 4) is 0 Å². The maximum Gasteiger partial charge on any atom is 0.234 e. The summed E-state index contributed by atoms with van der Waals surface area (Å²) in [5.41, 5.74) is 5.45. The minimum Gasteiger partial charge on any atom is -0.393 e. The zero-order valence-corrected chi connectivity index (χ0v) is 10.7. The Balaban J connectivity index is 2.87. The second-order valence-electron chi connectivity index (χ2n) is 3.48. The third-order valence-electron chi connectivity index (χ3n) is 2.25. The standard InChI is InChI=1S/C11H12ClFN2OS/c1-2-7(10(14)17)11(16)15-9-5-6(12)3-4-8(9)13/h3-5,7H,2H2,1H3,(H2,14,17)(H,15,16). The lowest BCUT2D eigenvalue weighted by molar-refractivity contribution is -0.118. The van der Waals surface area contributed by atoms with Gasteiger partial charge in [-0.25, -0.2) is 4.39 Å². The van der Waals surface area contributed by atoms with Gasteiger partial charge in [0, 0.05) is 5.02 Å². The number of anilines is 1. The van der Waals surface area contributed by atoms with Gasteiger partial charge in [-0.05, 0) is 24.6 Å². The van der Waals surface area contributed by atoms with Crippen LogP contribution in [0.2, 0.25) is 5.02 Å². The van der Waals surface area contributed by atoms with Crippen molar-refractivity contribution in [2.45, 2.75) is 13.3 Å². The van der Waals surface area contributed by atoms with Gasteiger partial charge in [-0.2, -0.15) is 0 Å².